The van der Waals surface area contributed by atoms with E-state index in [9.17, 15) is 14.4 Å². The molecule has 0 radical (unpaired) electrons. The van der Waals surface area contributed by atoms with Crippen LogP contribution >= 0.6 is 0 Å². The number of methoxy groups -OCH3 is 3. The van der Waals surface area contributed by atoms with Gasteiger partial charge in [-0.25, -0.2) is 0 Å². The molecule has 3 rings (SSSR count). The van der Waals surface area contributed by atoms with E-state index in [1.807, 2.05) is 0 Å². The minimum absolute atomic E-state index is 0.0715. The smallest absolute Gasteiger partial charge is 0.255 e. The first-order valence-electron chi connectivity index (χ1n) is 10.0. The molecular formula is C23H27N3O6. The van der Waals surface area contributed by atoms with Crippen molar-refractivity contribution in [1.29, 1.82) is 0 Å². The van der Waals surface area contributed by atoms with E-state index in [1.54, 1.807) is 56.4 Å². The number of benzene rings is 2. The number of nitrogens with zero attached hydrogens (tertiary/aromatic N) is 2. The quantitative estimate of drug-likeness (QED) is 0.709. The van der Waals surface area contributed by atoms with Gasteiger partial charge in [-0.05, 0) is 30.3 Å². The number of rotatable bonds is 7. The molecule has 1 N–H and O–H groups in total. The third-order valence-electron chi connectivity index (χ3n) is 5.30. The normalized spacial score (nSPS) is 15.3. The molecule has 3 amide bonds. The summed E-state index contributed by atoms with van der Waals surface area (Å²) in [6.07, 6.45) is 0.0715. The Morgan fingerprint density at radius 1 is 1.00 bits per heavy atom. The van der Waals surface area contributed by atoms with Crippen LogP contribution in [0.4, 0.5) is 11.4 Å². The lowest BCUT2D eigenvalue weighted by molar-refractivity contribution is -0.122. The van der Waals surface area contributed by atoms with Gasteiger partial charge in [0.1, 0.15) is 5.75 Å². The van der Waals surface area contributed by atoms with Crippen LogP contribution in [0.25, 0.3) is 0 Å². The number of carbonyl (C=O) groups excluding carboxylic acids is 3. The summed E-state index contributed by atoms with van der Waals surface area (Å²) in [4.78, 5) is 41.3. The van der Waals surface area contributed by atoms with Crippen LogP contribution in [0.5, 0.6) is 17.2 Å². The highest BCUT2D eigenvalue weighted by molar-refractivity contribution is 6.07. The van der Waals surface area contributed by atoms with Gasteiger partial charge in [0.25, 0.3) is 5.91 Å². The number of carbonyl (C=O) groups is 3. The van der Waals surface area contributed by atoms with Crippen LogP contribution in [0, 0.1) is 5.92 Å². The molecule has 1 unspecified atom stereocenters. The van der Waals surface area contributed by atoms with Crippen molar-refractivity contribution < 1.29 is 28.6 Å². The minimum Gasteiger partial charge on any atom is -0.497 e. The van der Waals surface area contributed by atoms with Crippen molar-refractivity contribution in [3.05, 3.63) is 42.0 Å². The van der Waals surface area contributed by atoms with E-state index in [2.05, 4.69) is 5.32 Å². The lowest BCUT2D eigenvalue weighted by Gasteiger charge is -2.19. The first-order chi connectivity index (χ1) is 15.3. The first-order valence-corrected chi connectivity index (χ1v) is 10.0. The molecule has 2 aromatic carbocycles. The minimum atomic E-state index is -0.569. The molecule has 1 aliphatic rings. The average molecular weight is 441 g/mol. The fourth-order valence-electron chi connectivity index (χ4n) is 3.53. The summed E-state index contributed by atoms with van der Waals surface area (Å²) in [5.41, 5.74) is 1.25. The third kappa shape index (κ3) is 4.61. The SMILES string of the molecule is COc1ccc(N2CC(C(=O)Nc3cc(OC)c(OC)cc3C(=O)N(C)C)CC2=O)cc1. The maximum Gasteiger partial charge on any atom is 0.255 e. The van der Waals surface area contributed by atoms with Crippen LogP contribution < -0.4 is 24.4 Å². The molecule has 9 nitrogen and oxygen atoms in total. The van der Waals surface area contributed by atoms with Crippen LogP contribution in [0.3, 0.4) is 0 Å². The molecule has 1 atom stereocenters. The molecule has 1 heterocycles. The summed E-state index contributed by atoms with van der Waals surface area (Å²) >= 11 is 0. The molecule has 1 fully saturated rings. The topological polar surface area (TPSA) is 97.4 Å². The number of ether oxygens (including phenoxy) is 3. The van der Waals surface area contributed by atoms with Gasteiger partial charge in [-0.3, -0.25) is 14.4 Å². The fraction of sp³-hybridized carbons (Fsp3) is 0.348. The summed E-state index contributed by atoms with van der Waals surface area (Å²) in [7, 11) is 7.75. The predicted octanol–water partition coefficient (Wildman–Crippen LogP) is 2.41. The Balaban J connectivity index is 1.83. The van der Waals surface area contributed by atoms with E-state index >= 15 is 0 Å². The molecule has 170 valence electrons. The van der Waals surface area contributed by atoms with Gasteiger partial charge >= 0.3 is 0 Å². The van der Waals surface area contributed by atoms with E-state index < -0.39 is 5.92 Å². The second-order valence-corrected chi connectivity index (χ2v) is 7.55. The molecule has 0 aromatic heterocycles. The Kier molecular flexibility index (Phi) is 6.87. The van der Waals surface area contributed by atoms with Crippen molar-refractivity contribution in [2.75, 3.05) is 52.2 Å². The number of hydrogen-bond donors (Lipinski definition) is 1. The van der Waals surface area contributed by atoms with E-state index in [-0.39, 0.29) is 36.3 Å². The Hall–Kier alpha value is -3.75. The highest BCUT2D eigenvalue weighted by atomic mass is 16.5. The molecule has 0 bridgehead atoms. The van der Waals surface area contributed by atoms with Gasteiger partial charge in [0.2, 0.25) is 11.8 Å². The molecule has 1 aliphatic heterocycles. The van der Waals surface area contributed by atoms with Crippen LogP contribution in [0.15, 0.2) is 36.4 Å². The summed E-state index contributed by atoms with van der Waals surface area (Å²) in [5, 5.41) is 2.80. The van der Waals surface area contributed by atoms with Gasteiger partial charge in [-0.15, -0.1) is 0 Å². The van der Waals surface area contributed by atoms with Crippen LogP contribution in [0.1, 0.15) is 16.8 Å². The Morgan fingerprint density at radius 3 is 2.19 bits per heavy atom. The molecule has 2 aromatic rings. The first kappa shape index (κ1) is 22.9. The van der Waals surface area contributed by atoms with Crippen LogP contribution in [-0.4, -0.2) is 64.6 Å². The number of amides is 3. The van der Waals surface area contributed by atoms with Gasteiger partial charge in [0, 0.05) is 38.8 Å². The van der Waals surface area contributed by atoms with Crippen molar-refractivity contribution >= 4 is 29.1 Å². The van der Waals surface area contributed by atoms with Gasteiger partial charge < -0.3 is 29.3 Å². The van der Waals surface area contributed by atoms with Crippen molar-refractivity contribution in [3.63, 3.8) is 0 Å². The highest BCUT2D eigenvalue weighted by Gasteiger charge is 2.35. The number of anilines is 2. The summed E-state index contributed by atoms with van der Waals surface area (Å²) in [6, 6.07) is 10.2. The van der Waals surface area contributed by atoms with Gasteiger partial charge in [-0.2, -0.15) is 0 Å². The average Bonchev–Trinajstić information content (AvgIpc) is 3.19. The lowest BCUT2D eigenvalue weighted by atomic mass is 10.1. The molecule has 0 spiro atoms. The second-order valence-electron chi connectivity index (χ2n) is 7.55. The Bertz CT molecular complexity index is 1020. The zero-order valence-electron chi connectivity index (χ0n) is 18.8. The summed E-state index contributed by atoms with van der Waals surface area (Å²) < 4.78 is 15.8. The largest absolute Gasteiger partial charge is 0.497 e. The monoisotopic (exact) mass is 441 g/mol. The molecule has 0 aliphatic carbocycles. The van der Waals surface area contributed by atoms with Crippen LogP contribution in [-0.2, 0) is 9.59 Å². The second kappa shape index (κ2) is 9.59. The Morgan fingerprint density at radius 2 is 1.62 bits per heavy atom. The lowest BCUT2D eigenvalue weighted by Crippen LogP contribution is -2.29. The zero-order valence-corrected chi connectivity index (χ0v) is 18.8. The van der Waals surface area contributed by atoms with Crippen molar-refractivity contribution in [1.82, 2.24) is 4.90 Å². The van der Waals surface area contributed by atoms with E-state index in [0.29, 0.717) is 28.6 Å². The fourth-order valence-corrected chi connectivity index (χ4v) is 3.53. The summed E-state index contributed by atoms with van der Waals surface area (Å²) in [5.74, 6) is 0.0596. The third-order valence-corrected chi connectivity index (χ3v) is 5.30. The van der Waals surface area contributed by atoms with Gasteiger partial charge in [-0.1, -0.05) is 0 Å². The van der Waals surface area contributed by atoms with Gasteiger partial charge in [0.15, 0.2) is 11.5 Å². The molecule has 0 saturated carbocycles. The number of hydrogen-bond acceptors (Lipinski definition) is 6. The highest BCUT2D eigenvalue weighted by Crippen LogP contribution is 2.35. The van der Waals surface area contributed by atoms with Gasteiger partial charge in [0.05, 0.1) is 38.5 Å². The van der Waals surface area contributed by atoms with Crippen LogP contribution in [0.2, 0.25) is 0 Å². The van der Waals surface area contributed by atoms with Crippen molar-refractivity contribution in [2.24, 2.45) is 5.92 Å². The van der Waals surface area contributed by atoms with E-state index in [1.165, 1.54) is 25.2 Å². The number of nitrogens with one attached hydrogen (secondary N) is 1. The summed E-state index contributed by atoms with van der Waals surface area (Å²) in [6.45, 7) is 0.237. The molecule has 9 heteroatoms. The van der Waals surface area contributed by atoms with E-state index in [4.69, 9.17) is 14.2 Å². The maximum absolute atomic E-state index is 13.0. The zero-order chi connectivity index (χ0) is 23.4. The molecule has 1 saturated heterocycles. The Labute approximate surface area is 186 Å². The standard InChI is InChI=1S/C23H27N3O6/c1-25(2)23(29)17-11-19(31-4)20(32-5)12-18(17)24-22(28)14-10-21(27)26(13-14)15-6-8-16(30-3)9-7-15/h6-9,11-12,14H,10,13H2,1-5H3,(H,24,28). The van der Waals surface area contributed by atoms with E-state index in [0.717, 1.165) is 0 Å². The maximum atomic E-state index is 13.0. The molecule has 32 heavy (non-hydrogen) atoms. The van der Waals surface area contributed by atoms with Crippen molar-refractivity contribution in [3.8, 4) is 17.2 Å². The predicted molar refractivity (Wildman–Crippen MR) is 120 cm³/mol. The van der Waals surface area contributed by atoms with Crippen molar-refractivity contribution in [2.45, 2.75) is 6.42 Å². The molecular weight excluding hydrogens is 414 g/mol.